The van der Waals surface area contributed by atoms with Crippen molar-refractivity contribution in [2.75, 3.05) is 50.0 Å². The number of amides is 3. The van der Waals surface area contributed by atoms with Gasteiger partial charge in [-0.1, -0.05) is 91.0 Å². The lowest BCUT2D eigenvalue weighted by Gasteiger charge is -2.29. The van der Waals surface area contributed by atoms with Crippen LogP contribution < -0.4 is 46.8 Å². The molecular formula is C64H81N7O20S3. The number of carbonyl (C=O) groups is 4. The number of rotatable bonds is 40. The minimum absolute atomic E-state index is 0.00150. The van der Waals surface area contributed by atoms with Gasteiger partial charge in [0.1, 0.15) is 19.8 Å². The Bertz CT molecular complexity index is 3940. The first kappa shape index (κ1) is 74.5. The summed E-state index contributed by atoms with van der Waals surface area (Å²) in [5.74, 6) is -5.94. The number of carbonyl (C=O) groups excluding carboxylic acids is 3. The second kappa shape index (κ2) is 35.7. The van der Waals surface area contributed by atoms with E-state index in [0.29, 0.717) is 33.8 Å². The van der Waals surface area contributed by atoms with Crippen LogP contribution in [-0.4, -0.2) is 142 Å². The maximum Gasteiger partial charge on any atom is 0.303 e. The summed E-state index contributed by atoms with van der Waals surface area (Å²) in [5, 5.41) is 18.4. The van der Waals surface area contributed by atoms with Crippen molar-refractivity contribution in [3.8, 4) is 17.2 Å². The van der Waals surface area contributed by atoms with Gasteiger partial charge in [-0.15, -0.1) is 0 Å². The van der Waals surface area contributed by atoms with Crippen molar-refractivity contribution >= 4 is 54.0 Å². The van der Waals surface area contributed by atoms with E-state index in [1.165, 1.54) is 31.9 Å². The Balaban J connectivity index is 1.33. The SMILES string of the molecule is Cc1cc(C(=O)NCCN(CCNC(=O)c2cc(C)n(CCCCS(=O)(=O)O)c(=O)c2OCc2ccccc2)CC(CCCC(=O)O)NC(=O)c2cc(C)n(CCCCS(=O)(=O)O)c(=O)c2OCc2ccccc2)c(OCc2ccccc2)c(=O)n1CCCCS(=O)(=O)O. The number of hydrogen-bond acceptors (Lipinski definition) is 17. The summed E-state index contributed by atoms with van der Waals surface area (Å²) in [7, 11) is -12.8. The number of pyridine rings is 3. The molecule has 6 rings (SSSR count). The van der Waals surface area contributed by atoms with Gasteiger partial charge in [0.05, 0.1) is 33.9 Å². The number of hydrogen-bond donors (Lipinski definition) is 7. The van der Waals surface area contributed by atoms with E-state index in [-0.39, 0.29) is 164 Å². The van der Waals surface area contributed by atoms with Gasteiger partial charge in [-0.25, -0.2) is 0 Å². The molecule has 510 valence electrons. The Hall–Kier alpha value is -8.52. The normalized spacial score (nSPS) is 12.1. The summed E-state index contributed by atoms with van der Waals surface area (Å²) in [6.45, 7) is 3.94. The number of carboxylic acid groups (broad SMARTS) is 1. The first-order chi connectivity index (χ1) is 44.6. The maximum atomic E-state index is 14.8. The number of aromatic nitrogens is 3. The molecule has 7 N–H and O–H groups in total. The minimum atomic E-state index is -4.29. The van der Waals surface area contributed by atoms with Crippen molar-refractivity contribution in [2.24, 2.45) is 0 Å². The minimum Gasteiger partial charge on any atom is -0.482 e. The number of nitrogens with zero attached hydrogens (tertiary/aromatic N) is 4. The maximum absolute atomic E-state index is 14.8. The van der Waals surface area contributed by atoms with Crippen LogP contribution >= 0.6 is 0 Å². The van der Waals surface area contributed by atoms with Crippen LogP contribution in [0.25, 0.3) is 0 Å². The van der Waals surface area contributed by atoms with Crippen LogP contribution in [0.15, 0.2) is 124 Å². The average molecular weight is 1360 g/mol. The highest BCUT2D eigenvalue weighted by Crippen LogP contribution is 2.22. The van der Waals surface area contributed by atoms with E-state index in [1.54, 1.807) is 117 Å². The molecule has 0 aliphatic carbocycles. The lowest BCUT2D eigenvalue weighted by atomic mass is 10.1. The molecule has 0 spiro atoms. The van der Waals surface area contributed by atoms with Crippen LogP contribution in [0, 0.1) is 20.8 Å². The van der Waals surface area contributed by atoms with E-state index < -0.39 is 94.0 Å². The fraction of sp³-hybridized carbons (Fsp3) is 0.422. The van der Waals surface area contributed by atoms with Gasteiger partial charge in [0.2, 0.25) is 0 Å². The Morgan fingerprint density at radius 1 is 0.479 bits per heavy atom. The molecule has 0 fully saturated rings. The van der Waals surface area contributed by atoms with Crippen molar-refractivity contribution in [1.29, 1.82) is 0 Å². The highest BCUT2D eigenvalue weighted by atomic mass is 32.2. The van der Waals surface area contributed by atoms with Gasteiger partial charge in [-0.2, -0.15) is 25.3 Å². The van der Waals surface area contributed by atoms with E-state index in [1.807, 2.05) is 0 Å². The van der Waals surface area contributed by atoms with Gasteiger partial charge in [-0.3, -0.25) is 52.1 Å². The Labute approximate surface area is 545 Å². The first-order valence-corrected chi connectivity index (χ1v) is 35.3. The van der Waals surface area contributed by atoms with Crippen LogP contribution in [-0.2, 0) is 74.6 Å². The summed E-state index contributed by atoms with van der Waals surface area (Å²) in [5.41, 5.74) is 0.448. The van der Waals surface area contributed by atoms with Crippen LogP contribution in [0.4, 0.5) is 0 Å². The third-order valence-corrected chi connectivity index (χ3v) is 17.5. The average Bonchev–Trinajstić information content (AvgIpc) is 0.813. The zero-order chi connectivity index (χ0) is 68.6. The van der Waals surface area contributed by atoms with Gasteiger partial charge in [-0.05, 0) is 107 Å². The van der Waals surface area contributed by atoms with Crippen molar-refractivity contribution in [3.63, 3.8) is 0 Å². The number of nitrogens with one attached hydrogen (secondary N) is 3. The largest absolute Gasteiger partial charge is 0.482 e. The van der Waals surface area contributed by atoms with Crippen LogP contribution in [0.2, 0.25) is 0 Å². The molecule has 6 aromatic rings. The number of aryl methyl sites for hydroxylation is 3. The van der Waals surface area contributed by atoms with Gasteiger partial charge in [0, 0.05) is 81.9 Å². The summed E-state index contributed by atoms with van der Waals surface area (Å²) < 4.78 is 119. The summed E-state index contributed by atoms with van der Waals surface area (Å²) in [4.78, 5) is 100. The highest BCUT2D eigenvalue weighted by molar-refractivity contribution is 7.86. The van der Waals surface area contributed by atoms with E-state index in [4.69, 9.17) is 14.2 Å². The number of unbranched alkanes of at least 4 members (excludes halogenated alkanes) is 3. The van der Waals surface area contributed by atoms with E-state index in [0.717, 1.165) is 0 Å². The molecule has 0 saturated heterocycles. The highest BCUT2D eigenvalue weighted by Gasteiger charge is 2.27. The Kier molecular flexibility index (Phi) is 28.3. The Morgan fingerprint density at radius 2 is 0.798 bits per heavy atom. The van der Waals surface area contributed by atoms with Crippen molar-refractivity contribution in [1.82, 2.24) is 34.6 Å². The molecule has 0 aliphatic rings. The topological polar surface area (TPSA) is 385 Å². The van der Waals surface area contributed by atoms with E-state index in [9.17, 15) is 77.6 Å². The number of benzene rings is 3. The molecule has 3 aromatic carbocycles. The molecule has 0 aliphatic heterocycles. The molecule has 94 heavy (non-hydrogen) atoms. The zero-order valence-corrected chi connectivity index (χ0v) is 55.0. The van der Waals surface area contributed by atoms with Gasteiger partial charge in [0.15, 0.2) is 17.2 Å². The van der Waals surface area contributed by atoms with Crippen molar-refractivity contribution < 1.29 is 77.4 Å². The number of ether oxygens (including phenoxy) is 3. The smallest absolute Gasteiger partial charge is 0.303 e. The second-order valence-corrected chi connectivity index (χ2v) is 27.2. The molecule has 0 bridgehead atoms. The fourth-order valence-electron chi connectivity index (χ4n) is 10.3. The number of aliphatic carboxylic acids is 1. The second-order valence-electron chi connectivity index (χ2n) is 22.5. The van der Waals surface area contributed by atoms with Gasteiger partial charge in [0.25, 0.3) is 64.8 Å². The molecule has 0 radical (unpaired) electrons. The molecular weight excluding hydrogens is 1280 g/mol. The molecule has 3 amide bonds. The lowest BCUT2D eigenvalue weighted by Crippen LogP contribution is -2.48. The quantitative estimate of drug-likeness (QED) is 0.0188. The van der Waals surface area contributed by atoms with Crippen molar-refractivity contribution in [3.05, 3.63) is 191 Å². The van der Waals surface area contributed by atoms with Crippen LogP contribution in [0.1, 0.15) is 123 Å². The van der Waals surface area contributed by atoms with Crippen molar-refractivity contribution in [2.45, 2.75) is 124 Å². The first-order valence-electron chi connectivity index (χ1n) is 30.5. The Morgan fingerprint density at radius 3 is 1.11 bits per heavy atom. The third-order valence-electron chi connectivity index (χ3n) is 15.1. The van der Waals surface area contributed by atoms with Crippen LogP contribution in [0.3, 0.4) is 0 Å². The molecule has 1 unspecified atom stereocenters. The molecule has 27 nitrogen and oxygen atoms in total. The predicted octanol–water partition coefficient (Wildman–Crippen LogP) is 5.35. The summed E-state index contributed by atoms with van der Waals surface area (Å²) >= 11 is 0. The van der Waals surface area contributed by atoms with Crippen LogP contribution in [0.5, 0.6) is 17.2 Å². The van der Waals surface area contributed by atoms with Gasteiger partial charge >= 0.3 is 5.97 Å². The van der Waals surface area contributed by atoms with E-state index in [2.05, 4.69) is 16.0 Å². The third kappa shape index (κ3) is 24.4. The summed E-state index contributed by atoms with van der Waals surface area (Å²) in [6.07, 6.45) is 0.347. The number of carboxylic acids is 1. The summed E-state index contributed by atoms with van der Waals surface area (Å²) in [6, 6.07) is 29.9. The van der Waals surface area contributed by atoms with E-state index >= 15 is 0 Å². The monoisotopic (exact) mass is 1360 g/mol. The molecule has 30 heteroatoms. The lowest BCUT2D eigenvalue weighted by molar-refractivity contribution is -0.137. The molecule has 3 heterocycles. The molecule has 1 atom stereocenters. The fourth-order valence-corrected chi connectivity index (χ4v) is 12.0. The van der Waals surface area contributed by atoms with Gasteiger partial charge < -0.3 is 49.0 Å². The predicted molar refractivity (Wildman–Crippen MR) is 349 cm³/mol. The standard InChI is InChI=1S/C64H81N7O20S3/c1-45-38-52(56(89-42-48-20-7-4-8-21-48)62(77)69(45)30-13-16-35-92(80,81)82)59(74)65-28-33-68(34-29-66-60(75)53-39-46(2)70(31-14-17-36-93(83,84)85)63(78)57(53)90-43-49-22-9-5-10-23-49)41-51(26-19-27-55(72)73)67-61(76)54-40-47(3)71(32-15-18-37-94(86,87)88)64(79)58(54)91-44-50-24-11-6-12-25-50/h4-12,20-25,38-40,51H,13-19,26-37,41-44H2,1-3H3,(H,65,74)(H,66,75)(H,67,76)(H,72,73)(H,80,81,82)(H,83,84,85)(H,86,87,88). The molecule has 3 aromatic heterocycles. The molecule has 0 saturated carbocycles. The zero-order valence-electron chi connectivity index (χ0n) is 52.6.